The minimum atomic E-state index is -4.11. The molecule has 3 aromatic carbocycles. The van der Waals surface area contributed by atoms with Crippen LogP contribution >= 0.6 is 0 Å². The number of carbonyl (C=O) groups excluding carboxylic acids is 1. The highest BCUT2D eigenvalue weighted by molar-refractivity contribution is 7.89. The van der Waals surface area contributed by atoms with Crippen LogP contribution in [0.15, 0.2) is 87.5 Å². The van der Waals surface area contributed by atoms with Crippen LogP contribution in [0.5, 0.6) is 0 Å². The summed E-state index contributed by atoms with van der Waals surface area (Å²) in [6, 6.07) is 18.8. The third-order valence-electron chi connectivity index (χ3n) is 6.28. The molecule has 11 nitrogen and oxygen atoms in total. The first kappa shape index (κ1) is 22.1. The van der Waals surface area contributed by atoms with E-state index in [0.717, 1.165) is 5.39 Å². The Morgan fingerprint density at radius 1 is 0.944 bits per heavy atom. The molecule has 0 fully saturated rings. The number of benzene rings is 3. The second kappa shape index (κ2) is 7.80. The number of nitrogens with zero attached hydrogens (tertiary/aromatic N) is 6. The van der Waals surface area contributed by atoms with Crippen molar-refractivity contribution in [1.82, 2.24) is 24.9 Å². The van der Waals surface area contributed by atoms with Crippen LogP contribution in [0.2, 0.25) is 0 Å². The molecule has 12 heteroatoms. The summed E-state index contributed by atoms with van der Waals surface area (Å²) in [7, 11) is -4.11. The van der Waals surface area contributed by atoms with E-state index in [0.29, 0.717) is 33.6 Å². The van der Waals surface area contributed by atoms with Gasteiger partial charge in [-0.15, -0.1) is 5.10 Å². The first-order chi connectivity index (χ1) is 17.3. The molecule has 0 aliphatic carbocycles. The lowest BCUT2D eigenvalue weighted by atomic mass is 9.98. The van der Waals surface area contributed by atoms with E-state index in [1.54, 1.807) is 43.3 Å². The Morgan fingerprint density at radius 2 is 1.75 bits per heavy atom. The maximum Gasteiger partial charge on any atom is 0.274 e. The Balaban J connectivity index is 1.35. The zero-order valence-electron chi connectivity index (χ0n) is 19.2. The van der Waals surface area contributed by atoms with Crippen LogP contribution in [0.3, 0.4) is 0 Å². The maximum absolute atomic E-state index is 13.4. The average Bonchev–Trinajstić information content (AvgIpc) is 3.58. The molecule has 1 N–H and O–H groups in total. The van der Waals surface area contributed by atoms with Gasteiger partial charge in [0.05, 0.1) is 22.0 Å². The highest BCUT2D eigenvalue weighted by atomic mass is 32.2. The number of tetrazole rings is 1. The molecule has 0 saturated carbocycles. The standard InChI is InChI=1S/C24H19N7O4S/c1-15-24(2,23(32)31(26-15)16-6-4-3-5-7-16)27-36(33,34)18-9-11-21-20(13-18)19-10-8-17(12-22(19)35-21)30-14-25-28-29-30/h3-14,27H,1-2H3/t24-/m1/s1. The van der Waals surface area contributed by atoms with Crippen molar-refractivity contribution >= 4 is 49.3 Å². The van der Waals surface area contributed by atoms with Crippen molar-refractivity contribution in [1.29, 1.82) is 0 Å². The quantitative estimate of drug-likeness (QED) is 0.391. The fourth-order valence-corrected chi connectivity index (χ4v) is 5.60. The number of nitrogens with one attached hydrogen (secondary N) is 1. The molecule has 180 valence electrons. The number of aromatic nitrogens is 4. The molecule has 0 unspecified atom stereocenters. The number of amides is 1. The van der Waals surface area contributed by atoms with Gasteiger partial charge >= 0.3 is 0 Å². The predicted molar refractivity (Wildman–Crippen MR) is 132 cm³/mol. The van der Waals surface area contributed by atoms with Gasteiger partial charge in [-0.25, -0.2) is 13.1 Å². The zero-order chi connectivity index (χ0) is 25.1. The summed E-state index contributed by atoms with van der Waals surface area (Å²) >= 11 is 0. The lowest BCUT2D eigenvalue weighted by Gasteiger charge is -2.24. The second-order valence-corrected chi connectivity index (χ2v) is 10.2. The van der Waals surface area contributed by atoms with Crippen molar-refractivity contribution < 1.29 is 17.6 Å². The lowest BCUT2D eigenvalue weighted by molar-refractivity contribution is -0.120. The van der Waals surface area contributed by atoms with Gasteiger partial charge in [0.15, 0.2) is 5.54 Å². The Hall–Kier alpha value is -4.42. The SMILES string of the molecule is CC1=NN(c2ccccc2)C(=O)[C@]1(C)NS(=O)(=O)c1ccc2oc3cc(-n4cnnn4)ccc3c2c1. The highest BCUT2D eigenvalue weighted by Gasteiger charge is 2.48. The Kier molecular flexibility index (Phi) is 4.78. The van der Waals surface area contributed by atoms with Crippen molar-refractivity contribution in [3.05, 3.63) is 73.1 Å². The van der Waals surface area contributed by atoms with Crippen molar-refractivity contribution in [2.24, 2.45) is 5.10 Å². The largest absolute Gasteiger partial charge is 0.456 e. The summed E-state index contributed by atoms with van der Waals surface area (Å²) in [6.45, 7) is 3.14. The van der Waals surface area contributed by atoms with Crippen LogP contribution in [0.25, 0.3) is 27.6 Å². The second-order valence-electron chi connectivity index (χ2n) is 8.56. The Morgan fingerprint density at radius 3 is 2.50 bits per heavy atom. The number of hydrogen-bond acceptors (Lipinski definition) is 8. The summed E-state index contributed by atoms with van der Waals surface area (Å²) in [5.74, 6) is -0.486. The van der Waals surface area contributed by atoms with E-state index < -0.39 is 21.5 Å². The molecular weight excluding hydrogens is 482 g/mol. The fourth-order valence-electron chi connectivity index (χ4n) is 4.19. The van der Waals surface area contributed by atoms with E-state index in [4.69, 9.17) is 4.42 Å². The van der Waals surface area contributed by atoms with Gasteiger partial charge in [-0.1, -0.05) is 18.2 Å². The molecule has 0 bridgehead atoms. The number of sulfonamides is 1. The molecule has 5 aromatic rings. The third kappa shape index (κ3) is 3.38. The summed E-state index contributed by atoms with van der Waals surface area (Å²) in [6.07, 6.45) is 1.47. The summed E-state index contributed by atoms with van der Waals surface area (Å²) in [5.41, 5.74) is 1.13. The number of para-hydroxylation sites is 1. The minimum absolute atomic E-state index is 0.00207. The average molecular weight is 502 g/mol. The number of hydrogen-bond donors (Lipinski definition) is 1. The zero-order valence-corrected chi connectivity index (χ0v) is 20.0. The van der Waals surface area contributed by atoms with Crippen LogP contribution in [-0.2, 0) is 14.8 Å². The maximum atomic E-state index is 13.4. The first-order valence-corrected chi connectivity index (χ1v) is 12.4. The Labute approximate surface area is 205 Å². The van der Waals surface area contributed by atoms with E-state index in [9.17, 15) is 13.2 Å². The van der Waals surface area contributed by atoms with Gasteiger partial charge in [0.1, 0.15) is 17.5 Å². The fraction of sp³-hybridized carbons (Fsp3) is 0.125. The smallest absolute Gasteiger partial charge is 0.274 e. The molecular formula is C24H19N7O4S. The van der Waals surface area contributed by atoms with Gasteiger partial charge in [-0.05, 0) is 66.7 Å². The van der Waals surface area contributed by atoms with Crippen molar-refractivity contribution in [2.75, 3.05) is 5.01 Å². The van der Waals surface area contributed by atoms with E-state index in [1.165, 1.54) is 35.1 Å². The molecule has 0 saturated heterocycles. The van der Waals surface area contributed by atoms with Crippen LogP contribution in [0.4, 0.5) is 5.69 Å². The molecule has 2 aromatic heterocycles. The van der Waals surface area contributed by atoms with Crippen molar-refractivity contribution in [3.63, 3.8) is 0 Å². The summed E-state index contributed by atoms with van der Waals surface area (Å²) < 4.78 is 36.9. The number of anilines is 1. The van der Waals surface area contributed by atoms with Crippen LogP contribution in [0, 0.1) is 0 Å². The molecule has 0 radical (unpaired) electrons. The minimum Gasteiger partial charge on any atom is -0.456 e. The topological polar surface area (TPSA) is 136 Å². The van der Waals surface area contributed by atoms with Crippen molar-refractivity contribution in [2.45, 2.75) is 24.3 Å². The van der Waals surface area contributed by atoms with Crippen LogP contribution in [-0.4, -0.2) is 45.8 Å². The number of fused-ring (bicyclic) bond motifs is 3. The van der Waals surface area contributed by atoms with E-state index >= 15 is 0 Å². The van der Waals surface area contributed by atoms with Crippen LogP contribution < -0.4 is 9.73 Å². The molecule has 1 atom stereocenters. The lowest BCUT2D eigenvalue weighted by Crippen LogP contribution is -2.56. The first-order valence-electron chi connectivity index (χ1n) is 11.0. The van der Waals surface area contributed by atoms with Crippen LogP contribution in [0.1, 0.15) is 13.8 Å². The van der Waals surface area contributed by atoms with E-state index in [2.05, 4.69) is 25.3 Å². The normalized spacial score (nSPS) is 18.3. The molecule has 36 heavy (non-hydrogen) atoms. The Bertz CT molecular complexity index is 1780. The van der Waals surface area contributed by atoms with E-state index in [1.807, 2.05) is 18.2 Å². The number of carbonyl (C=O) groups is 1. The predicted octanol–water partition coefficient (Wildman–Crippen LogP) is 3.02. The molecule has 1 amide bonds. The third-order valence-corrected chi connectivity index (χ3v) is 7.83. The van der Waals surface area contributed by atoms with Gasteiger partial charge in [-0.3, -0.25) is 4.79 Å². The van der Waals surface area contributed by atoms with Gasteiger partial charge in [0.2, 0.25) is 10.0 Å². The molecule has 1 aliphatic heterocycles. The summed E-state index contributed by atoms with van der Waals surface area (Å²) in [5, 5.41) is 18.0. The highest BCUT2D eigenvalue weighted by Crippen LogP contribution is 2.33. The molecule has 6 rings (SSSR count). The number of furan rings is 1. The van der Waals surface area contributed by atoms with Crippen molar-refractivity contribution in [3.8, 4) is 5.69 Å². The van der Waals surface area contributed by atoms with E-state index in [-0.39, 0.29) is 4.90 Å². The monoisotopic (exact) mass is 501 g/mol. The number of hydrazone groups is 1. The summed E-state index contributed by atoms with van der Waals surface area (Å²) in [4.78, 5) is 13.3. The molecule has 0 spiro atoms. The van der Waals surface area contributed by atoms with Gasteiger partial charge < -0.3 is 4.42 Å². The molecule has 3 heterocycles. The van der Waals surface area contributed by atoms with Gasteiger partial charge in [-0.2, -0.15) is 14.8 Å². The molecule has 1 aliphatic rings. The number of rotatable bonds is 5. The van der Waals surface area contributed by atoms with Gasteiger partial charge in [0, 0.05) is 16.8 Å². The van der Waals surface area contributed by atoms with Gasteiger partial charge in [0.25, 0.3) is 5.91 Å².